The molecule has 1 N–H and O–H groups in total. The Morgan fingerprint density at radius 3 is 2.70 bits per heavy atom. The first kappa shape index (κ1) is 17.5. The SMILES string of the molecule is Cc1ccc(CCC(=O)Nc2nc(-c3ccc4c(c3)OCCO4)cs2)cc1. The third-order valence-electron chi connectivity index (χ3n) is 4.35. The van der Waals surface area contributed by atoms with Crippen molar-refractivity contribution in [2.75, 3.05) is 18.5 Å². The lowest BCUT2D eigenvalue weighted by Crippen LogP contribution is -2.15. The molecule has 0 atom stereocenters. The first-order chi connectivity index (χ1) is 13.2. The minimum Gasteiger partial charge on any atom is -0.486 e. The summed E-state index contributed by atoms with van der Waals surface area (Å²) in [6.07, 6.45) is 1.15. The van der Waals surface area contributed by atoms with Gasteiger partial charge in [-0.3, -0.25) is 4.79 Å². The number of nitrogens with zero attached hydrogens (tertiary/aromatic N) is 1. The van der Waals surface area contributed by atoms with E-state index in [4.69, 9.17) is 9.47 Å². The fourth-order valence-electron chi connectivity index (χ4n) is 2.86. The van der Waals surface area contributed by atoms with E-state index in [1.165, 1.54) is 16.9 Å². The highest BCUT2D eigenvalue weighted by Gasteiger charge is 2.14. The molecule has 2 heterocycles. The molecule has 27 heavy (non-hydrogen) atoms. The van der Waals surface area contributed by atoms with Crippen LogP contribution in [0.4, 0.5) is 5.13 Å². The number of ether oxygens (including phenoxy) is 2. The largest absolute Gasteiger partial charge is 0.486 e. The van der Waals surface area contributed by atoms with Crippen LogP contribution in [0.15, 0.2) is 47.8 Å². The molecular formula is C21H20N2O3S. The zero-order valence-corrected chi connectivity index (χ0v) is 15.8. The lowest BCUT2D eigenvalue weighted by molar-refractivity contribution is -0.116. The van der Waals surface area contributed by atoms with E-state index < -0.39 is 0 Å². The van der Waals surface area contributed by atoms with Crippen molar-refractivity contribution in [2.24, 2.45) is 0 Å². The Bertz CT molecular complexity index is 950. The molecule has 0 radical (unpaired) electrons. The number of carbonyl (C=O) groups excluding carboxylic acids is 1. The summed E-state index contributed by atoms with van der Waals surface area (Å²) in [5.74, 6) is 1.46. The molecule has 1 aliphatic heterocycles. The van der Waals surface area contributed by atoms with E-state index in [1.54, 1.807) is 0 Å². The molecule has 2 aromatic carbocycles. The minimum atomic E-state index is -0.0290. The van der Waals surface area contributed by atoms with E-state index in [2.05, 4.69) is 41.5 Å². The van der Waals surface area contributed by atoms with Gasteiger partial charge in [0.25, 0.3) is 0 Å². The Labute approximate surface area is 162 Å². The highest BCUT2D eigenvalue weighted by atomic mass is 32.1. The van der Waals surface area contributed by atoms with E-state index in [-0.39, 0.29) is 5.91 Å². The predicted octanol–water partition coefficient (Wildman–Crippen LogP) is 4.46. The average Bonchev–Trinajstić information content (AvgIpc) is 3.15. The lowest BCUT2D eigenvalue weighted by atomic mass is 10.1. The number of hydrogen-bond acceptors (Lipinski definition) is 5. The number of hydrogen-bond donors (Lipinski definition) is 1. The standard InChI is InChI=1S/C21H20N2O3S/c1-14-2-4-15(5-3-14)6-9-20(24)23-21-22-17(13-27-21)16-7-8-18-19(12-16)26-11-10-25-18/h2-5,7-8,12-13H,6,9-11H2,1H3,(H,22,23,24). The molecule has 5 nitrogen and oxygen atoms in total. The monoisotopic (exact) mass is 380 g/mol. The zero-order chi connectivity index (χ0) is 18.6. The van der Waals surface area contributed by atoms with Gasteiger partial charge in [0.05, 0.1) is 5.69 Å². The Hall–Kier alpha value is -2.86. The number of nitrogens with one attached hydrogen (secondary N) is 1. The first-order valence-corrected chi connectivity index (χ1v) is 9.76. The maximum Gasteiger partial charge on any atom is 0.226 e. The molecule has 6 heteroatoms. The van der Waals surface area contributed by atoms with Crippen LogP contribution < -0.4 is 14.8 Å². The molecule has 0 saturated carbocycles. The van der Waals surface area contributed by atoms with Crippen molar-refractivity contribution in [3.8, 4) is 22.8 Å². The van der Waals surface area contributed by atoms with Crippen LogP contribution in [0.5, 0.6) is 11.5 Å². The number of benzene rings is 2. The van der Waals surface area contributed by atoms with Crippen molar-refractivity contribution in [3.63, 3.8) is 0 Å². The molecule has 138 valence electrons. The fraction of sp³-hybridized carbons (Fsp3) is 0.238. The number of fused-ring (bicyclic) bond motifs is 1. The summed E-state index contributed by atoms with van der Waals surface area (Å²) in [5, 5.41) is 5.43. The molecular weight excluding hydrogens is 360 g/mol. The van der Waals surface area contributed by atoms with Crippen LogP contribution in [0.2, 0.25) is 0 Å². The molecule has 0 aliphatic carbocycles. The van der Waals surface area contributed by atoms with Crippen LogP contribution in [0.1, 0.15) is 17.5 Å². The van der Waals surface area contributed by atoms with Crippen LogP contribution in [0.25, 0.3) is 11.3 Å². The number of anilines is 1. The van der Waals surface area contributed by atoms with E-state index in [0.717, 1.165) is 28.3 Å². The van der Waals surface area contributed by atoms with E-state index >= 15 is 0 Å². The predicted molar refractivity (Wildman–Crippen MR) is 107 cm³/mol. The summed E-state index contributed by atoms with van der Waals surface area (Å²) in [6, 6.07) is 14.0. The second kappa shape index (κ2) is 7.80. The molecule has 1 aromatic heterocycles. The summed E-state index contributed by atoms with van der Waals surface area (Å²) in [6.45, 7) is 3.18. The van der Waals surface area contributed by atoms with Crippen molar-refractivity contribution < 1.29 is 14.3 Å². The maximum atomic E-state index is 12.2. The van der Waals surface area contributed by atoms with Crippen molar-refractivity contribution in [1.29, 1.82) is 0 Å². The summed E-state index contributed by atoms with van der Waals surface area (Å²) >= 11 is 1.42. The highest BCUT2D eigenvalue weighted by Crippen LogP contribution is 2.35. The Kier molecular flexibility index (Phi) is 5.07. The molecule has 0 bridgehead atoms. The third kappa shape index (κ3) is 4.28. The third-order valence-corrected chi connectivity index (χ3v) is 5.11. The molecule has 1 amide bonds. The van der Waals surface area contributed by atoms with Crippen LogP contribution in [0.3, 0.4) is 0 Å². The molecule has 3 aromatic rings. The van der Waals surface area contributed by atoms with Gasteiger partial charge in [0, 0.05) is 17.4 Å². The molecule has 0 unspecified atom stereocenters. The molecule has 0 saturated heterocycles. The van der Waals surface area contributed by atoms with E-state index in [9.17, 15) is 4.79 Å². The normalized spacial score (nSPS) is 12.6. The molecule has 4 rings (SSSR count). The van der Waals surface area contributed by atoms with Gasteiger partial charge in [-0.05, 0) is 37.1 Å². The van der Waals surface area contributed by atoms with Crippen molar-refractivity contribution in [1.82, 2.24) is 4.98 Å². The highest BCUT2D eigenvalue weighted by molar-refractivity contribution is 7.14. The first-order valence-electron chi connectivity index (χ1n) is 8.88. The van der Waals surface area contributed by atoms with Crippen molar-refractivity contribution in [2.45, 2.75) is 19.8 Å². The van der Waals surface area contributed by atoms with Crippen molar-refractivity contribution in [3.05, 3.63) is 59.0 Å². The Morgan fingerprint density at radius 1 is 1.11 bits per heavy atom. The maximum absolute atomic E-state index is 12.2. The Balaban J connectivity index is 1.37. The van der Waals surface area contributed by atoms with Gasteiger partial charge in [-0.25, -0.2) is 4.98 Å². The van der Waals surface area contributed by atoms with Crippen LogP contribution in [0, 0.1) is 6.92 Å². The lowest BCUT2D eigenvalue weighted by Gasteiger charge is -2.18. The van der Waals surface area contributed by atoms with Gasteiger partial charge in [0.2, 0.25) is 5.91 Å². The fourth-order valence-corrected chi connectivity index (χ4v) is 3.60. The van der Waals surface area contributed by atoms with Gasteiger partial charge in [-0.15, -0.1) is 11.3 Å². The van der Waals surface area contributed by atoms with E-state index in [1.807, 2.05) is 23.6 Å². The van der Waals surface area contributed by atoms with E-state index in [0.29, 0.717) is 31.2 Å². The van der Waals surface area contributed by atoms with Crippen LogP contribution >= 0.6 is 11.3 Å². The Morgan fingerprint density at radius 2 is 1.89 bits per heavy atom. The number of aromatic nitrogens is 1. The number of rotatable bonds is 5. The molecule has 0 spiro atoms. The number of carbonyl (C=O) groups is 1. The minimum absolute atomic E-state index is 0.0290. The van der Waals surface area contributed by atoms with Crippen LogP contribution in [-0.4, -0.2) is 24.1 Å². The second-order valence-electron chi connectivity index (χ2n) is 6.43. The summed E-state index contributed by atoms with van der Waals surface area (Å²) in [4.78, 5) is 16.7. The van der Waals surface area contributed by atoms with Gasteiger partial charge in [-0.1, -0.05) is 29.8 Å². The van der Waals surface area contributed by atoms with Gasteiger partial charge >= 0.3 is 0 Å². The topological polar surface area (TPSA) is 60.5 Å². The second-order valence-corrected chi connectivity index (χ2v) is 7.29. The summed E-state index contributed by atoms with van der Waals surface area (Å²) in [5.41, 5.74) is 4.13. The van der Waals surface area contributed by atoms with Gasteiger partial charge in [0.15, 0.2) is 16.6 Å². The molecule has 1 aliphatic rings. The average molecular weight is 380 g/mol. The quantitative estimate of drug-likeness (QED) is 0.710. The van der Waals surface area contributed by atoms with Gasteiger partial charge in [0.1, 0.15) is 13.2 Å². The number of amides is 1. The van der Waals surface area contributed by atoms with Gasteiger partial charge in [-0.2, -0.15) is 0 Å². The van der Waals surface area contributed by atoms with Crippen molar-refractivity contribution >= 4 is 22.4 Å². The van der Waals surface area contributed by atoms with Crippen LogP contribution in [-0.2, 0) is 11.2 Å². The molecule has 0 fully saturated rings. The summed E-state index contributed by atoms with van der Waals surface area (Å²) in [7, 11) is 0. The number of aryl methyl sites for hydroxylation is 2. The van der Waals surface area contributed by atoms with Gasteiger partial charge < -0.3 is 14.8 Å². The summed E-state index contributed by atoms with van der Waals surface area (Å²) < 4.78 is 11.2. The number of thiazole rings is 1. The smallest absolute Gasteiger partial charge is 0.226 e. The zero-order valence-electron chi connectivity index (χ0n) is 15.0.